The summed E-state index contributed by atoms with van der Waals surface area (Å²) in [5, 5.41) is 7.06. The number of sulfonamides is 1. The Bertz CT molecular complexity index is 949. The minimum absolute atomic E-state index is 0.176. The van der Waals surface area contributed by atoms with E-state index in [-0.39, 0.29) is 36.0 Å². The zero-order valence-electron chi connectivity index (χ0n) is 14.5. The van der Waals surface area contributed by atoms with E-state index in [9.17, 15) is 13.2 Å². The lowest BCUT2D eigenvalue weighted by atomic mass is 10.2. The summed E-state index contributed by atoms with van der Waals surface area (Å²) in [4.78, 5) is 12.6. The summed E-state index contributed by atoms with van der Waals surface area (Å²) in [6.07, 6.45) is 0.505. The summed E-state index contributed by atoms with van der Waals surface area (Å²) in [7, 11) is -1.88. The Morgan fingerprint density at radius 3 is 2.85 bits per heavy atom. The van der Waals surface area contributed by atoms with E-state index in [0.29, 0.717) is 17.9 Å². The number of ether oxygens (including phenoxy) is 1. The topological polar surface area (TPSA) is 93.5 Å². The lowest BCUT2D eigenvalue weighted by Crippen LogP contribution is -2.39. The predicted octanol–water partition coefficient (Wildman–Crippen LogP) is 0.683. The minimum atomic E-state index is -3.65. The molecule has 2 aliphatic rings. The molecule has 1 saturated heterocycles. The molecule has 1 aromatic carbocycles. The largest absolute Gasteiger partial charge is 0.490 e. The van der Waals surface area contributed by atoms with E-state index in [1.54, 1.807) is 42.1 Å². The first-order valence-electron chi connectivity index (χ1n) is 8.41. The van der Waals surface area contributed by atoms with Gasteiger partial charge in [0, 0.05) is 25.3 Å². The number of rotatable bonds is 2. The molecule has 3 heterocycles. The molecule has 1 amide bonds. The third-order valence-corrected chi connectivity index (χ3v) is 6.87. The van der Waals surface area contributed by atoms with Crippen LogP contribution < -0.4 is 10.1 Å². The molecule has 4 rings (SSSR count). The van der Waals surface area contributed by atoms with E-state index in [4.69, 9.17) is 4.74 Å². The van der Waals surface area contributed by atoms with Crippen LogP contribution in [0.5, 0.6) is 5.75 Å². The van der Waals surface area contributed by atoms with E-state index in [1.807, 2.05) is 6.92 Å². The summed E-state index contributed by atoms with van der Waals surface area (Å²) < 4.78 is 34.7. The lowest BCUT2D eigenvalue weighted by Gasteiger charge is -2.19. The fraction of sp³-hybridized carbons (Fsp3) is 0.412. The van der Waals surface area contributed by atoms with Crippen LogP contribution in [0.2, 0.25) is 0 Å². The molecule has 0 aliphatic carbocycles. The quantitative estimate of drug-likeness (QED) is 0.832. The molecule has 138 valence electrons. The summed E-state index contributed by atoms with van der Waals surface area (Å²) in [6.45, 7) is 2.36. The number of aromatic nitrogens is 2. The van der Waals surface area contributed by atoms with Gasteiger partial charge in [0.15, 0.2) is 0 Å². The van der Waals surface area contributed by atoms with Gasteiger partial charge in [-0.15, -0.1) is 0 Å². The Morgan fingerprint density at radius 1 is 1.35 bits per heavy atom. The van der Waals surface area contributed by atoms with Crippen molar-refractivity contribution in [3.63, 3.8) is 0 Å². The minimum Gasteiger partial charge on any atom is -0.490 e. The molecule has 1 N–H and O–H groups in total. The van der Waals surface area contributed by atoms with Gasteiger partial charge >= 0.3 is 0 Å². The highest BCUT2D eigenvalue weighted by molar-refractivity contribution is 7.89. The van der Waals surface area contributed by atoms with Gasteiger partial charge in [-0.05, 0) is 31.5 Å². The molecule has 0 spiro atoms. The molecular formula is C17H20N4O4S. The van der Waals surface area contributed by atoms with Gasteiger partial charge in [0.1, 0.15) is 22.9 Å². The van der Waals surface area contributed by atoms with E-state index in [1.165, 1.54) is 4.31 Å². The third-order valence-electron chi connectivity index (χ3n) is 4.91. The number of nitrogens with one attached hydrogen (secondary N) is 1. The van der Waals surface area contributed by atoms with Gasteiger partial charge in [-0.2, -0.15) is 9.40 Å². The van der Waals surface area contributed by atoms with Crippen LogP contribution >= 0.6 is 0 Å². The average Bonchev–Trinajstić information content (AvgIpc) is 3.14. The van der Waals surface area contributed by atoms with Crippen molar-refractivity contribution in [2.24, 2.45) is 7.05 Å². The number of carbonyl (C=O) groups is 1. The predicted molar refractivity (Wildman–Crippen MR) is 93.4 cm³/mol. The molecule has 2 aromatic rings. The smallest absolute Gasteiger partial charge is 0.272 e. The molecule has 2 atom stereocenters. The summed E-state index contributed by atoms with van der Waals surface area (Å²) >= 11 is 0. The second-order valence-electron chi connectivity index (χ2n) is 6.69. The third kappa shape index (κ3) is 2.77. The molecular weight excluding hydrogens is 356 g/mol. The van der Waals surface area contributed by atoms with E-state index in [2.05, 4.69) is 10.4 Å². The molecule has 0 saturated carbocycles. The van der Waals surface area contributed by atoms with Crippen LogP contribution in [0.25, 0.3) is 0 Å². The van der Waals surface area contributed by atoms with Crippen LogP contribution in [-0.4, -0.2) is 53.6 Å². The second kappa shape index (κ2) is 6.10. The van der Waals surface area contributed by atoms with Gasteiger partial charge < -0.3 is 10.1 Å². The highest BCUT2D eigenvalue weighted by atomic mass is 32.2. The van der Waals surface area contributed by atoms with Crippen molar-refractivity contribution >= 4 is 15.9 Å². The van der Waals surface area contributed by atoms with Crippen LogP contribution in [0.3, 0.4) is 0 Å². The average molecular weight is 376 g/mol. The van der Waals surface area contributed by atoms with E-state index < -0.39 is 10.0 Å². The molecule has 8 nitrogen and oxygen atoms in total. The summed E-state index contributed by atoms with van der Waals surface area (Å²) in [6, 6.07) is 7.77. The normalized spacial score (nSPS) is 24.2. The molecule has 9 heteroatoms. The fourth-order valence-electron chi connectivity index (χ4n) is 3.46. The van der Waals surface area contributed by atoms with Crippen molar-refractivity contribution in [1.82, 2.24) is 19.4 Å². The van der Waals surface area contributed by atoms with Crippen molar-refractivity contribution < 1.29 is 17.9 Å². The maximum Gasteiger partial charge on any atom is 0.272 e. The first kappa shape index (κ1) is 17.0. The lowest BCUT2D eigenvalue weighted by molar-refractivity contribution is 0.0933. The number of para-hydroxylation sites is 1. The van der Waals surface area contributed by atoms with E-state index >= 15 is 0 Å². The highest BCUT2D eigenvalue weighted by Gasteiger charge is 2.44. The number of fused-ring (bicyclic) bond motifs is 2. The number of hydrogen-bond donors (Lipinski definition) is 1. The van der Waals surface area contributed by atoms with Gasteiger partial charge in [0.05, 0.1) is 6.04 Å². The Kier molecular flexibility index (Phi) is 4.00. The van der Waals surface area contributed by atoms with Crippen molar-refractivity contribution in [3.8, 4) is 5.75 Å². The highest BCUT2D eigenvalue weighted by Crippen LogP contribution is 2.35. The number of amides is 1. The van der Waals surface area contributed by atoms with Gasteiger partial charge in [-0.3, -0.25) is 9.48 Å². The Balaban J connectivity index is 1.54. The van der Waals surface area contributed by atoms with Gasteiger partial charge in [-0.25, -0.2) is 8.42 Å². The standard InChI is InChI=1S/C17H20N4O4S/c1-11-7-14(19-20(11)2)17(22)18-12-8-13-10-25-15-5-3-4-6-16(15)26(23,24)21(13)9-12/h3-7,12-13H,8-10H2,1-2H3,(H,18,22)/t12-,13-/m0/s1. The van der Waals surface area contributed by atoms with Gasteiger partial charge in [-0.1, -0.05) is 12.1 Å². The Morgan fingerprint density at radius 2 is 2.12 bits per heavy atom. The maximum atomic E-state index is 13.0. The summed E-state index contributed by atoms with van der Waals surface area (Å²) in [5.74, 6) is 0.0847. The molecule has 1 aromatic heterocycles. The molecule has 0 radical (unpaired) electrons. The number of hydrogen-bond acceptors (Lipinski definition) is 5. The van der Waals surface area contributed by atoms with Crippen LogP contribution in [0.4, 0.5) is 0 Å². The van der Waals surface area contributed by atoms with Crippen LogP contribution in [0, 0.1) is 6.92 Å². The molecule has 1 fully saturated rings. The number of nitrogens with zero attached hydrogens (tertiary/aromatic N) is 3. The van der Waals surface area contributed by atoms with Crippen LogP contribution in [0.1, 0.15) is 22.6 Å². The SMILES string of the molecule is Cc1cc(C(=O)N[C@H]2C[C@H]3COc4ccccc4S(=O)(=O)N3C2)nn1C. The van der Waals surface area contributed by atoms with Gasteiger partial charge in [0.2, 0.25) is 10.0 Å². The molecule has 26 heavy (non-hydrogen) atoms. The van der Waals surface area contributed by atoms with Crippen LogP contribution in [-0.2, 0) is 17.1 Å². The van der Waals surface area contributed by atoms with Crippen molar-refractivity contribution in [2.45, 2.75) is 30.3 Å². The van der Waals surface area contributed by atoms with Crippen molar-refractivity contribution in [1.29, 1.82) is 0 Å². The Labute approximate surface area is 151 Å². The van der Waals surface area contributed by atoms with Crippen LogP contribution in [0.15, 0.2) is 35.2 Å². The molecule has 0 unspecified atom stereocenters. The van der Waals surface area contributed by atoms with Crippen molar-refractivity contribution in [3.05, 3.63) is 41.7 Å². The zero-order valence-corrected chi connectivity index (χ0v) is 15.4. The summed E-state index contributed by atoms with van der Waals surface area (Å²) in [5.41, 5.74) is 1.21. The zero-order chi connectivity index (χ0) is 18.5. The first-order chi connectivity index (χ1) is 12.4. The number of aryl methyl sites for hydroxylation is 2. The fourth-order valence-corrected chi connectivity index (χ4v) is 5.26. The van der Waals surface area contributed by atoms with E-state index in [0.717, 1.165) is 5.69 Å². The molecule has 2 aliphatic heterocycles. The monoisotopic (exact) mass is 376 g/mol. The second-order valence-corrected chi connectivity index (χ2v) is 8.55. The Hall–Kier alpha value is -2.39. The maximum absolute atomic E-state index is 13.0. The number of benzene rings is 1. The molecule has 0 bridgehead atoms. The van der Waals surface area contributed by atoms with Gasteiger partial charge in [0.25, 0.3) is 5.91 Å². The number of carbonyl (C=O) groups excluding carboxylic acids is 1. The van der Waals surface area contributed by atoms with Crippen molar-refractivity contribution in [2.75, 3.05) is 13.2 Å². The first-order valence-corrected chi connectivity index (χ1v) is 9.85.